The first kappa shape index (κ1) is 15.2. The average Bonchev–Trinajstić information content (AvgIpc) is 2.22. The Kier molecular flexibility index (Phi) is 3.68. The van der Waals surface area contributed by atoms with Crippen LogP contribution in [-0.2, 0) is 16.1 Å². The number of methoxy groups -OCH3 is 1. The summed E-state index contributed by atoms with van der Waals surface area (Å²) < 4.78 is 70.1. The lowest BCUT2D eigenvalue weighted by Crippen LogP contribution is -2.28. The molecule has 0 aliphatic heterocycles. The zero-order valence-electron chi connectivity index (χ0n) is 9.49. The van der Waals surface area contributed by atoms with Crippen LogP contribution in [0.15, 0.2) is 30.3 Å². The third-order valence-corrected chi connectivity index (χ3v) is 2.89. The van der Waals surface area contributed by atoms with Gasteiger partial charge in [0.25, 0.3) is 10.2 Å². The molecule has 1 aromatic carbocycles. The third kappa shape index (κ3) is 6.77. The topological polar surface area (TPSA) is 18.5 Å². The molecule has 0 N–H and O–H groups in total. The van der Waals surface area contributed by atoms with Gasteiger partial charge >= 0.3 is 0 Å². The van der Waals surface area contributed by atoms with Crippen LogP contribution in [0.3, 0.4) is 0 Å². The van der Waals surface area contributed by atoms with Crippen molar-refractivity contribution in [2.45, 2.75) is 12.9 Å². The van der Waals surface area contributed by atoms with Gasteiger partial charge < -0.3 is 9.47 Å². The van der Waals surface area contributed by atoms with E-state index >= 15 is 0 Å². The third-order valence-electron chi connectivity index (χ3n) is 1.99. The molecule has 0 heterocycles. The van der Waals surface area contributed by atoms with E-state index in [2.05, 4.69) is 4.74 Å². The van der Waals surface area contributed by atoms with E-state index in [1.54, 1.807) is 30.3 Å². The molecule has 0 aliphatic carbocycles. The van der Waals surface area contributed by atoms with E-state index in [0.29, 0.717) is 5.56 Å². The highest BCUT2D eigenvalue weighted by atomic mass is 32.5. The maximum atomic E-state index is 12.2. The molecule has 0 aromatic heterocycles. The first-order valence-electron chi connectivity index (χ1n) is 4.90. The van der Waals surface area contributed by atoms with Crippen LogP contribution in [0, 0.1) is 0 Å². The van der Waals surface area contributed by atoms with Crippen LogP contribution < -0.4 is 0 Å². The molecule has 106 valence electrons. The number of hydrogen-bond donors (Lipinski definition) is 0. The number of hydrogen-bond acceptors (Lipinski definition) is 2. The van der Waals surface area contributed by atoms with Gasteiger partial charge in [-0.1, -0.05) is 49.8 Å². The molecule has 0 saturated carbocycles. The first-order valence-corrected chi connectivity index (χ1v) is 7.02. The summed E-state index contributed by atoms with van der Waals surface area (Å²) in [5, 5.41) is 0. The Morgan fingerprint density at radius 3 is 2.06 bits per heavy atom. The molecular weight excluding hydrogens is 279 g/mol. The summed E-state index contributed by atoms with van der Waals surface area (Å²) in [4.78, 5) is 0. The van der Waals surface area contributed by atoms with Crippen molar-refractivity contribution in [3.8, 4) is 0 Å². The number of ether oxygens (including phenoxy) is 2. The van der Waals surface area contributed by atoms with Gasteiger partial charge in [0.2, 0.25) is 0 Å². The standard InChI is InChI=1S/C10H13F5O2S/c1-16-10(8-18(11,12,13,14)15)17-7-9-5-3-2-4-6-9/h2-6,10H,7-8H2,1H3. The fourth-order valence-electron chi connectivity index (χ4n) is 1.20. The number of halogens is 5. The smallest absolute Gasteiger partial charge is 0.290 e. The SMILES string of the molecule is COC(CS(F)(F)(F)(F)F)OCc1ccccc1. The largest absolute Gasteiger partial charge is 0.355 e. The molecule has 18 heavy (non-hydrogen) atoms. The minimum Gasteiger partial charge on any atom is -0.355 e. The Bertz CT molecular complexity index is 391. The van der Waals surface area contributed by atoms with Gasteiger partial charge in [-0.15, -0.1) is 0 Å². The van der Waals surface area contributed by atoms with E-state index in [0.717, 1.165) is 7.11 Å². The van der Waals surface area contributed by atoms with Crippen molar-refractivity contribution in [2.75, 3.05) is 12.9 Å². The van der Waals surface area contributed by atoms with Crippen molar-refractivity contribution in [3.05, 3.63) is 35.9 Å². The molecule has 2 nitrogen and oxygen atoms in total. The van der Waals surface area contributed by atoms with Crippen LogP contribution in [0.2, 0.25) is 0 Å². The van der Waals surface area contributed by atoms with Gasteiger partial charge in [-0.25, -0.2) is 0 Å². The predicted octanol–water partition coefficient (Wildman–Crippen LogP) is 4.47. The van der Waals surface area contributed by atoms with Gasteiger partial charge in [0, 0.05) is 7.11 Å². The van der Waals surface area contributed by atoms with Crippen LogP contribution in [0.5, 0.6) is 0 Å². The van der Waals surface area contributed by atoms with Gasteiger partial charge in [0.15, 0.2) is 6.29 Å². The second-order valence-electron chi connectivity index (χ2n) is 3.76. The molecule has 0 aliphatic rings. The molecule has 0 spiro atoms. The van der Waals surface area contributed by atoms with E-state index < -0.39 is 22.3 Å². The van der Waals surface area contributed by atoms with Crippen LogP contribution in [0.1, 0.15) is 5.56 Å². The van der Waals surface area contributed by atoms with E-state index in [1.807, 2.05) is 0 Å². The Balaban J connectivity index is 2.60. The maximum Gasteiger partial charge on any atom is 0.290 e. The first-order chi connectivity index (χ1) is 7.99. The summed E-state index contributed by atoms with van der Waals surface area (Å²) >= 11 is 0. The molecule has 0 fully saturated rings. The van der Waals surface area contributed by atoms with Crippen LogP contribution in [-0.4, -0.2) is 19.2 Å². The minimum atomic E-state index is -9.53. The van der Waals surface area contributed by atoms with Crippen LogP contribution >= 0.6 is 10.2 Å². The Morgan fingerprint density at radius 2 is 1.61 bits per heavy atom. The fraction of sp³-hybridized carbons (Fsp3) is 0.400. The zero-order valence-corrected chi connectivity index (χ0v) is 10.3. The van der Waals surface area contributed by atoms with E-state index in [-0.39, 0.29) is 6.61 Å². The monoisotopic (exact) mass is 292 g/mol. The van der Waals surface area contributed by atoms with Crippen LogP contribution in [0.25, 0.3) is 0 Å². The number of benzene rings is 1. The quantitative estimate of drug-likeness (QED) is 0.568. The summed E-state index contributed by atoms with van der Waals surface area (Å²) in [6.45, 7) is -0.229. The number of rotatable bonds is 6. The zero-order chi connectivity index (χ0) is 13.9. The molecule has 1 unspecified atom stereocenters. The Labute approximate surface area is 101 Å². The summed E-state index contributed by atoms with van der Waals surface area (Å²) in [6.07, 6.45) is -2.01. The molecule has 0 saturated heterocycles. The lowest BCUT2D eigenvalue weighted by Gasteiger charge is -2.42. The van der Waals surface area contributed by atoms with E-state index in [1.165, 1.54) is 0 Å². The van der Waals surface area contributed by atoms with Crippen molar-refractivity contribution in [2.24, 2.45) is 0 Å². The van der Waals surface area contributed by atoms with Gasteiger partial charge in [0.1, 0.15) is 5.75 Å². The Hall–Kier alpha value is -0.860. The highest BCUT2D eigenvalue weighted by Crippen LogP contribution is 2.97. The molecule has 8 heteroatoms. The normalized spacial score (nSPS) is 17.9. The molecule has 1 rings (SSSR count). The molecule has 0 amide bonds. The summed E-state index contributed by atoms with van der Waals surface area (Å²) in [5.41, 5.74) is 0.571. The van der Waals surface area contributed by atoms with Crippen molar-refractivity contribution in [3.63, 3.8) is 0 Å². The predicted molar refractivity (Wildman–Crippen MR) is 60.0 cm³/mol. The van der Waals surface area contributed by atoms with Gasteiger partial charge in [0.05, 0.1) is 6.61 Å². The average molecular weight is 292 g/mol. The van der Waals surface area contributed by atoms with Crippen LogP contribution in [0.4, 0.5) is 19.4 Å². The Morgan fingerprint density at radius 1 is 1.06 bits per heavy atom. The molecule has 1 atom stereocenters. The lowest BCUT2D eigenvalue weighted by atomic mass is 10.2. The summed E-state index contributed by atoms with van der Waals surface area (Å²) in [6, 6.07) is 8.24. The van der Waals surface area contributed by atoms with Gasteiger partial charge in [-0.2, -0.15) is 0 Å². The molecular formula is C10H13F5O2S. The van der Waals surface area contributed by atoms with Gasteiger partial charge in [-0.3, -0.25) is 0 Å². The second kappa shape index (κ2) is 4.36. The molecule has 0 bridgehead atoms. The van der Waals surface area contributed by atoms with Crippen molar-refractivity contribution in [1.82, 2.24) is 0 Å². The van der Waals surface area contributed by atoms with Crippen molar-refractivity contribution < 1.29 is 28.9 Å². The van der Waals surface area contributed by atoms with Crippen molar-refractivity contribution >= 4 is 10.2 Å². The van der Waals surface area contributed by atoms with Gasteiger partial charge in [-0.05, 0) is 5.56 Å². The minimum absolute atomic E-state index is 0.229. The molecule has 0 radical (unpaired) electrons. The lowest BCUT2D eigenvalue weighted by molar-refractivity contribution is -0.119. The molecule has 1 aromatic rings. The highest BCUT2D eigenvalue weighted by Gasteiger charge is 2.64. The van der Waals surface area contributed by atoms with Crippen molar-refractivity contribution in [1.29, 1.82) is 0 Å². The van der Waals surface area contributed by atoms with E-state index in [4.69, 9.17) is 4.74 Å². The summed E-state index contributed by atoms with van der Waals surface area (Å²) in [5.74, 6) is -2.39. The summed E-state index contributed by atoms with van der Waals surface area (Å²) in [7, 11) is -8.64. The van der Waals surface area contributed by atoms with E-state index in [9.17, 15) is 19.4 Å². The highest BCUT2D eigenvalue weighted by molar-refractivity contribution is 8.45. The fourth-order valence-corrected chi connectivity index (χ4v) is 1.95. The second-order valence-corrected chi connectivity index (χ2v) is 6.35. The maximum absolute atomic E-state index is 12.2.